The standard InChI is InChI=1S/C12H19FN2O3S/c1-9-7-10(14)8-11(12(9)13)19(17,18)15-5-3-2-4-6-16/h7-8,15-16H,2-6,14H2,1H3. The molecule has 19 heavy (non-hydrogen) atoms. The summed E-state index contributed by atoms with van der Waals surface area (Å²) < 4.78 is 40.0. The van der Waals surface area contributed by atoms with E-state index in [0.29, 0.717) is 19.3 Å². The maximum absolute atomic E-state index is 13.8. The van der Waals surface area contributed by atoms with Gasteiger partial charge in [0.2, 0.25) is 10.0 Å². The van der Waals surface area contributed by atoms with Crippen LogP contribution in [0.1, 0.15) is 24.8 Å². The predicted octanol–water partition coefficient (Wildman–Crippen LogP) is 1.16. The van der Waals surface area contributed by atoms with Crippen LogP contribution in [0.15, 0.2) is 17.0 Å². The fourth-order valence-corrected chi connectivity index (χ4v) is 2.91. The molecule has 0 atom stereocenters. The third-order valence-corrected chi connectivity index (χ3v) is 4.12. The Kier molecular flexibility index (Phi) is 5.71. The molecule has 0 aliphatic rings. The van der Waals surface area contributed by atoms with Gasteiger partial charge >= 0.3 is 0 Å². The minimum absolute atomic E-state index is 0.0792. The molecule has 7 heteroatoms. The Morgan fingerprint density at radius 1 is 1.32 bits per heavy atom. The van der Waals surface area contributed by atoms with Crippen molar-refractivity contribution in [3.63, 3.8) is 0 Å². The smallest absolute Gasteiger partial charge is 0.243 e. The summed E-state index contributed by atoms with van der Waals surface area (Å²) in [5, 5.41) is 8.60. The van der Waals surface area contributed by atoms with Crippen molar-refractivity contribution in [2.24, 2.45) is 0 Å². The van der Waals surface area contributed by atoms with Gasteiger partial charge in [0.25, 0.3) is 0 Å². The molecule has 0 fully saturated rings. The Morgan fingerprint density at radius 2 is 2.00 bits per heavy atom. The largest absolute Gasteiger partial charge is 0.399 e. The summed E-state index contributed by atoms with van der Waals surface area (Å²) in [4.78, 5) is -0.424. The van der Waals surface area contributed by atoms with Crippen molar-refractivity contribution in [1.82, 2.24) is 4.72 Å². The monoisotopic (exact) mass is 290 g/mol. The van der Waals surface area contributed by atoms with Crippen LogP contribution in [0.25, 0.3) is 0 Å². The highest BCUT2D eigenvalue weighted by atomic mass is 32.2. The molecule has 5 nitrogen and oxygen atoms in total. The molecule has 0 heterocycles. The molecule has 1 rings (SSSR count). The fraction of sp³-hybridized carbons (Fsp3) is 0.500. The summed E-state index contributed by atoms with van der Waals surface area (Å²) in [6.45, 7) is 1.75. The van der Waals surface area contributed by atoms with Crippen LogP contribution in [-0.4, -0.2) is 26.7 Å². The van der Waals surface area contributed by atoms with Crippen LogP contribution in [0.5, 0.6) is 0 Å². The first kappa shape index (κ1) is 15.9. The molecule has 0 radical (unpaired) electrons. The minimum Gasteiger partial charge on any atom is -0.399 e. The van der Waals surface area contributed by atoms with Crippen LogP contribution in [0.4, 0.5) is 10.1 Å². The van der Waals surface area contributed by atoms with Crippen molar-refractivity contribution < 1.29 is 17.9 Å². The number of nitrogens with two attached hydrogens (primary N) is 1. The van der Waals surface area contributed by atoms with Gasteiger partial charge < -0.3 is 10.8 Å². The molecule has 0 spiro atoms. The molecule has 0 amide bonds. The van der Waals surface area contributed by atoms with Crippen molar-refractivity contribution in [3.05, 3.63) is 23.5 Å². The quantitative estimate of drug-likeness (QED) is 0.519. The Morgan fingerprint density at radius 3 is 2.63 bits per heavy atom. The van der Waals surface area contributed by atoms with Gasteiger partial charge in [-0.2, -0.15) is 0 Å². The van der Waals surface area contributed by atoms with Gasteiger partial charge in [-0.05, 0) is 43.9 Å². The van der Waals surface area contributed by atoms with Crippen molar-refractivity contribution in [3.8, 4) is 0 Å². The number of aliphatic hydroxyl groups excluding tert-OH is 1. The molecule has 0 saturated heterocycles. The Labute approximate surface area is 112 Å². The van der Waals surface area contributed by atoms with Gasteiger partial charge in [-0.1, -0.05) is 0 Å². The van der Waals surface area contributed by atoms with Crippen molar-refractivity contribution in [2.75, 3.05) is 18.9 Å². The van der Waals surface area contributed by atoms with E-state index in [1.54, 1.807) is 0 Å². The van der Waals surface area contributed by atoms with E-state index in [0.717, 1.165) is 6.07 Å². The van der Waals surface area contributed by atoms with Crippen LogP contribution in [0.3, 0.4) is 0 Å². The van der Waals surface area contributed by atoms with Gasteiger partial charge in [0, 0.05) is 18.8 Å². The number of hydrogen-bond donors (Lipinski definition) is 3. The van der Waals surface area contributed by atoms with E-state index < -0.39 is 20.7 Å². The molecule has 1 aromatic rings. The average molecular weight is 290 g/mol. The number of sulfonamides is 1. The molecule has 0 aliphatic heterocycles. The number of anilines is 1. The number of hydrogen-bond acceptors (Lipinski definition) is 4. The average Bonchev–Trinajstić information content (AvgIpc) is 2.33. The van der Waals surface area contributed by atoms with Gasteiger partial charge in [-0.3, -0.25) is 0 Å². The maximum atomic E-state index is 13.8. The third-order valence-electron chi connectivity index (χ3n) is 2.66. The third kappa shape index (κ3) is 4.45. The molecular weight excluding hydrogens is 271 g/mol. The van der Waals surface area contributed by atoms with E-state index >= 15 is 0 Å². The van der Waals surface area contributed by atoms with Crippen molar-refractivity contribution in [2.45, 2.75) is 31.1 Å². The highest BCUT2D eigenvalue weighted by Gasteiger charge is 2.20. The molecule has 108 valence electrons. The van der Waals surface area contributed by atoms with Crippen LogP contribution in [0.2, 0.25) is 0 Å². The first-order chi connectivity index (χ1) is 8.88. The minimum atomic E-state index is -3.89. The van der Waals surface area contributed by atoms with Gasteiger partial charge in [-0.25, -0.2) is 17.5 Å². The number of aryl methyl sites for hydroxylation is 1. The lowest BCUT2D eigenvalue weighted by Crippen LogP contribution is -2.26. The van der Waals surface area contributed by atoms with Crippen LogP contribution < -0.4 is 10.5 Å². The zero-order chi connectivity index (χ0) is 14.5. The van der Waals surface area contributed by atoms with Crippen molar-refractivity contribution >= 4 is 15.7 Å². The second kappa shape index (κ2) is 6.83. The van der Waals surface area contributed by atoms with Gasteiger partial charge in [-0.15, -0.1) is 0 Å². The Hall–Kier alpha value is -1.18. The van der Waals surface area contributed by atoms with E-state index in [1.165, 1.54) is 13.0 Å². The number of nitrogens with one attached hydrogen (secondary N) is 1. The first-order valence-corrected chi connectivity index (χ1v) is 7.53. The molecular formula is C12H19FN2O3S. The number of benzene rings is 1. The topological polar surface area (TPSA) is 92.4 Å². The van der Waals surface area contributed by atoms with E-state index in [-0.39, 0.29) is 24.4 Å². The summed E-state index contributed by atoms with van der Waals surface area (Å²) in [6, 6.07) is 2.49. The molecule has 4 N–H and O–H groups in total. The van der Waals surface area contributed by atoms with E-state index in [9.17, 15) is 12.8 Å². The normalized spacial score (nSPS) is 11.7. The first-order valence-electron chi connectivity index (χ1n) is 6.04. The lowest BCUT2D eigenvalue weighted by Gasteiger charge is -2.10. The van der Waals surface area contributed by atoms with Crippen molar-refractivity contribution in [1.29, 1.82) is 0 Å². The van der Waals surface area contributed by atoms with Gasteiger partial charge in [0.15, 0.2) is 0 Å². The van der Waals surface area contributed by atoms with E-state index in [2.05, 4.69) is 4.72 Å². The molecule has 1 aromatic carbocycles. The molecule has 0 unspecified atom stereocenters. The van der Waals surface area contributed by atoms with Gasteiger partial charge in [0.1, 0.15) is 10.7 Å². The predicted molar refractivity (Wildman–Crippen MR) is 71.7 cm³/mol. The SMILES string of the molecule is Cc1cc(N)cc(S(=O)(=O)NCCCCCO)c1F. The second-order valence-electron chi connectivity index (χ2n) is 4.33. The van der Waals surface area contributed by atoms with Gasteiger partial charge in [0.05, 0.1) is 0 Å². The van der Waals surface area contributed by atoms with Crippen LogP contribution in [-0.2, 0) is 10.0 Å². The highest BCUT2D eigenvalue weighted by Crippen LogP contribution is 2.21. The number of halogens is 1. The number of unbranched alkanes of at least 4 members (excludes halogenated alkanes) is 2. The maximum Gasteiger partial charge on any atom is 0.243 e. The molecule has 0 aliphatic carbocycles. The summed E-state index contributed by atoms with van der Waals surface area (Å²) in [7, 11) is -3.89. The Bertz CT molecular complexity index is 532. The summed E-state index contributed by atoms with van der Waals surface area (Å²) >= 11 is 0. The Balaban J connectivity index is 2.78. The lowest BCUT2D eigenvalue weighted by molar-refractivity contribution is 0.283. The fourth-order valence-electron chi connectivity index (χ4n) is 1.66. The zero-order valence-corrected chi connectivity index (χ0v) is 11.6. The van der Waals surface area contributed by atoms with E-state index in [4.69, 9.17) is 10.8 Å². The number of rotatable bonds is 7. The van der Waals surface area contributed by atoms with Crippen LogP contribution >= 0.6 is 0 Å². The lowest BCUT2D eigenvalue weighted by atomic mass is 10.2. The number of nitrogen functional groups attached to an aromatic ring is 1. The highest BCUT2D eigenvalue weighted by molar-refractivity contribution is 7.89. The van der Waals surface area contributed by atoms with E-state index in [1.807, 2.05) is 0 Å². The summed E-state index contributed by atoms with van der Waals surface area (Å²) in [5.74, 6) is -0.781. The second-order valence-corrected chi connectivity index (χ2v) is 6.07. The molecule has 0 aromatic heterocycles. The zero-order valence-electron chi connectivity index (χ0n) is 10.8. The van der Waals surface area contributed by atoms with Crippen LogP contribution in [0, 0.1) is 12.7 Å². The number of aliphatic hydroxyl groups is 1. The summed E-state index contributed by atoms with van der Waals surface area (Å²) in [6.07, 6.45) is 1.91. The molecule has 0 bridgehead atoms. The molecule has 0 saturated carbocycles. The summed E-state index contributed by atoms with van der Waals surface area (Å²) in [5.41, 5.74) is 5.94.